The van der Waals surface area contributed by atoms with Gasteiger partial charge in [0.2, 0.25) is 0 Å². The van der Waals surface area contributed by atoms with Gasteiger partial charge in [-0.3, -0.25) is 0 Å². The molecule has 4 heteroatoms. The van der Waals surface area contributed by atoms with Gasteiger partial charge in [0.1, 0.15) is 12.7 Å². The molecule has 0 aliphatic carbocycles. The molecule has 90 valence electrons. The van der Waals surface area contributed by atoms with Crippen molar-refractivity contribution in [1.29, 1.82) is 0 Å². The number of nitrogens with one attached hydrogen (secondary N) is 1. The monoisotopic (exact) mass is 230 g/mol. The number of rotatable bonds is 5. The first-order valence-corrected chi connectivity index (χ1v) is 5.87. The van der Waals surface area contributed by atoms with Crippen molar-refractivity contribution >= 4 is 0 Å². The van der Waals surface area contributed by atoms with E-state index in [2.05, 4.69) is 53.5 Å². The van der Waals surface area contributed by atoms with Gasteiger partial charge in [0.25, 0.3) is 0 Å². The highest BCUT2D eigenvalue weighted by molar-refractivity contribution is 5.23. The Kier molecular flexibility index (Phi) is 3.88. The molecule has 0 amide bonds. The summed E-state index contributed by atoms with van der Waals surface area (Å²) in [6.45, 7) is 5.98. The predicted octanol–water partition coefficient (Wildman–Crippen LogP) is 1.82. The van der Waals surface area contributed by atoms with E-state index in [0.717, 1.165) is 13.1 Å². The normalized spacial score (nSPS) is 11.0. The third-order valence-corrected chi connectivity index (χ3v) is 2.52. The Morgan fingerprint density at radius 1 is 1.29 bits per heavy atom. The summed E-state index contributed by atoms with van der Waals surface area (Å²) in [5.41, 5.74) is 2.55. The van der Waals surface area contributed by atoms with Gasteiger partial charge in [0.15, 0.2) is 0 Å². The van der Waals surface area contributed by atoms with Gasteiger partial charge in [-0.05, 0) is 11.1 Å². The second-order valence-corrected chi connectivity index (χ2v) is 4.45. The number of hydrogen-bond acceptors (Lipinski definition) is 3. The van der Waals surface area contributed by atoms with Crippen molar-refractivity contribution in [1.82, 2.24) is 20.1 Å². The lowest BCUT2D eigenvalue weighted by atomic mass is 10.1. The maximum absolute atomic E-state index is 4.11. The van der Waals surface area contributed by atoms with Crippen LogP contribution in [0.3, 0.4) is 0 Å². The minimum Gasteiger partial charge on any atom is -0.310 e. The van der Waals surface area contributed by atoms with Crippen LogP contribution in [0, 0.1) is 0 Å². The van der Waals surface area contributed by atoms with Gasteiger partial charge in [0.05, 0.1) is 6.54 Å². The Morgan fingerprint density at radius 3 is 2.82 bits per heavy atom. The molecular weight excluding hydrogens is 212 g/mol. The number of benzene rings is 1. The first-order chi connectivity index (χ1) is 8.24. The molecule has 0 aliphatic heterocycles. The molecule has 0 aliphatic rings. The average molecular weight is 230 g/mol. The lowest BCUT2D eigenvalue weighted by Gasteiger charge is -2.09. The van der Waals surface area contributed by atoms with Crippen LogP contribution in [-0.2, 0) is 13.1 Å². The minimum absolute atomic E-state index is 0.508. The van der Waals surface area contributed by atoms with E-state index >= 15 is 0 Å². The summed E-state index contributed by atoms with van der Waals surface area (Å²) in [4.78, 5) is 3.94. The largest absolute Gasteiger partial charge is 0.310 e. The second kappa shape index (κ2) is 5.59. The van der Waals surface area contributed by atoms with Crippen LogP contribution in [0.4, 0.5) is 0 Å². The lowest BCUT2D eigenvalue weighted by Crippen LogP contribution is -2.21. The first kappa shape index (κ1) is 11.8. The molecule has 2 aromatic rings. The van der Waals surface area contributed by atoms with E-state index in [0.29, 0.717) is 6.04 Å². The highest BCUT2D eigenvalue weighted by Crippen LogP contribution is 2.06. The van der Waals surface area contributed by atoms with Gasteiger partial charge in [0, 0.05) is 12.6 Å². The zero-order valence-electron chi connectivity index (χ0n) is 10.3. The fourth-order valence-electron chi connectivity index (χ4n) is 1.66. The van der Waals surface area contributed by atoms with E-state index in [1.807, 2.05) is 4.68 Å². The Morgan fingerprint density at radius 2 is 2.12 bits per heavy atom. The second-order valence-electron chi connectivity index (χ2n) is 4.45. The predicted molar refractivity (Wildman–Crippen MR) is 67.5 cm³/mol. The molecule has 1 heterocycles. The van der Waals surface area contributed by atoms with E-state index in [1.165, 1.54) is 11.1 Å². The van der Waals surface area contributed by atoms with Gasteiger partial charge < -0.3 is 5.32 Å². The lowest BCUT2D eigenvalue weighted by molar-refractivity contribution is 0.588. The Balaban J connectivity index is 2.01. The van der Waals surface area contributed by atoms with Gasteiger partial charge in [-0.15, -0.1) is 0 Å². The van der Waals surface area contributed by atoms with E-state index in [4.69, 9.17) is 0 Å². The fraction of sp³-hybridized carbons (Fsp3) is 0.385. The highest BCUT2D eigenvalue weighted by Gasteiger charge is 1.99. The summed E-state index contributed by atoms with van der Waals surface area (Å²) in [6, 6.07) is 9.05. The average Bonchev–Trinajstić information content (AvgIpc) is 2.80. The third-order valence-electron chi connectivity index (χ3n) is 2.52. The van der Waals surface area contributed by atoms with Crippen LogP contribution < -0.4 is 5.32 Å². The first-order valence-electron chi connectivity index (χ1n) is 5.87. The summed E-state index contributed by atoms with van der Waals surface area (Å²) < 4.78 is 1.83. The maximum atomic E-state index is 4.11. The highest BCUT2D eigenvalue weighted by atomic mass is 15.3. The molecule has 4 nitrogen and oxygen atoms in total. The van der Waals surface area contributed by atoms with E-state index in [-0.39, 0.29) is 0 Å². The third kappa shape index (κ3) is 3.67. The van der Waals surface area contributed by atoms with Crippen LogP contribution >= 0.6 is 0 Å². The summed E-state index contributed by atoms with van der Waals surface area (Å²) in [6.07, 6.45) is 3.29. The smallest absolute Gasteiger partial charge is 0.137 e. The molecule has 17 heavy (non-hydrogen) atoms. The van der Waals surface area contributed by atoms with Crippen LogP contribution in [0.5, 0.6) is 0 Å². The van der Waals surface area contributed by atoms with Crippen molar-refractivity contribution in [3.8, 4) is 0 Å². The van der Waals surface area contributed by atoms with E-state index in [9.17, 15) is 0 Å². The van der Waals surface area contributed by atoms with Gasteiger partial charge in [-0.25, -0.2) is 9.67 Å². The molecule has 0 fully saturated rings. The fourth-order valence-corrected chi connectivity index (χ4v) is 1.66. The number of aromatic nitrogens is 3. The molecule has 0 saturated carbocycles. The van der Waals surface area contributed by atoms with Crippen molar-refractivity contribution in [2.75, 3.05) is 0 Å². The van der Waals surface area contributed by atoms with Crippen LogP contribution in [0.15, 0.2) is 36.9 Å². The molecule has 0 radical (unpaired) electrons. The van der Waals surface area contributed by atoms with Crippen molar-refractivity contribution in [3.63, 3.8) is 0 Å². The van der Waals surface area contributed by atoms with Crippen LogP contribution in [0.2, 0.25) is 0 Å². The molecular formula is C13H18N4. The molecule has 0 bridgehead atoms. The Hall–Kier alpha value is -1.68. The molecule has 0 spiro atoms. The molecule has 2 rings (SSSR count). The van der Waals surface area contributed by atoms with Crippen molar-refractivity contribution < 1.29 is 0 Å². The quantitative estimate of drug-likeness (QED) is 0.852. The summed E-state index contributed by atoms with van der Waals surface area (Å²) >= 11 is 0. The van der Waals surface area contributed by atoms with Crippen LogP contribution in [0.25, 0.3) is 0 Å². The van der Waals surface area contributed by atoms with Crippen molar-refractivity contribution in [2.45, 2.75) is 33.0 Å². The molecule has 1 N–H and O–H groups in total. The Labute approximate surface area is 102 Å². The molecule has 0 unspecified atom stereocenters. The standard InChI is InChI=1S/C13H18N4/c1-11(2)15-7-12-4-3-5-13(6-12)8-17-10-14-9-16-17/h3-6,9-11,15H,7-8H2,1-2H3. The van der Waals surface area contributed by atoms with Crippen LogP contribution in [-0.4, -0.2) is 20.8 Å². The summed E-state index contributed by atoms with van der Waals surface area (Å²) in [7, 11) is 0. The minimum atomic E-state index is 0.508. The van der Waals surface area contributed by atoms with Crippen molar-refractivity contribution in [2.24, 2.45) is 0 Å². The van der Waals surface area contributed by atoms with Crippen LogP contribution in [0.1, 0.15) is 25.0 Å². The number of nitrogens with zero attached hydrogens (tertiary/aromatic N) is 3. The molecule has 1 aromatic heterocycles. The maximum Gasteiger partial charge on any atom is 0.137 e. The Bertz CT molecular complexity index is 448. The van der Waals surface area contributed by atoms with Gasteiger partial charge in [-0.2, -0.15) is 5.10 Å². The van der Waals surface area contributed by atoms with E-state index < -0.39 is 0 Å². The molecule has 0 saturated heterocycles. The molecule has 0 atom stereocenters. The number of hydrogen-bond donors (Lipinski definition) is 1. The molecule has 1 aromatic carbocycles. The SMILES string of the molecule is CC(C)NCc1cccc(Cn2cncn2)c1. The van der Waals surface area contributed by atoms with Gasteiger partial charge in [-0.1, -0.05) is 38.1 Å². The zero-order chi connectivity index (χ0) is 12.1. The van der Waals surface area contributed by atoms with Gasteiger partial charge >= 0.3 is 0 Å². The summed E-state index contributed by atoms with van der Waals surface area (Å²) in [5, 5.41) is 7.52. The topological polar surface area (TPSA) is 42.7 Å². The van der Waals surface area contributed by atoms with E-state index in [1.54, 1.807) is 12.7 Å². The zero-order valence-corrected chi connectivity index (χ0v) is 10.3. The van der Waals surface area contributed by atoms with Crippen molar-refractivity contribution in [3.05, 3.63) is 48.0 Å². The summed E-state index contributed by atoms with van der Waals surface area (Å²) in [5.74, 6) is 0.